The number of hydrogen-bond acceptors (Lipinski definition) is 5. The molecule has 2 aromatic rings. The fourth-order valence-corrected chi connectivity index (χ4v) is 3.96. The molecular weight excluding hydrogens is 304 g/mol. The monoisotopic (exact) mass is 322 g/mol. The van der Waals surface area contributed by atoms with E-state index in [2.05, 4.69) is 17.4 Å². The molecule has 2 atom stereocenters. The molecule has 3 rings (SSSR count). The number of amides is 1. The molecular formula is C15H18N2O2S2. The van der Waals surface area contributed by atoms with Gasteiger partial charge in [0.2, 0.25) is 5.91 Å². The maximum absolute atomic E-state index is 12.7. The third-order valence-corrected chi connectivity index (χ3v) is 5.29. The Morgan fingerprint density at radius 1 is 1.24 bits per heavy atom. The van der Waals surface area contributed by atoms with Crippen LogP contribution in [0.1, 0.15) is 16.2 Å². The highest BCUT2D eigenvalue weighted by molar-refractivity contribution is 7.10. The van der Waals surface area contributed by atoms with Gasteiger partial charge in [-0.25, -0.2) is 0 Å². The molecule has 4 nitrogen and oxygen atoms in total. The Bertz CT molecular complexity index is 532. The summed E-state index contributed by atoms with van der Waals surface area (Å²) in [6.45, 7) is 1.76. The zero-order chi connectivity index (χ0) is 14.7. The van der Waals surface area contributed by atoms with Crippen molar-refractivity contribution in [3.8, 4) is 0 Å². The highest BCUT2D eigenvalue weighted by Crippen LogP contribution is 2.19. The van der Waals surface area contributed by atoms with E-state index in [-0.39, 0.29) is 11.9 Å². The summed E-state index contributed by atoms with van der Waals surface area (Å²) in [4.78, 5) is 16.9. The van der Waals surface area contributed by atoms with Gasteiger partial charge in [0.25, 0.3) is 0 Å². The minimum Gasteiger partial charge on any atom is -0.392 e. The summed E-state index contributed by atoms with van der Waals surface area (Å²) in [5.41, 5.74) is 0. The molecule has 0 spiro atoms. The van der Waals surface area contributed by atoms with Crippen LogP contribution >= 0.6 is 22.7 Å². The lowest BCUT2D eigenvalue weighted by Gasteiger charge is -2.25. The van der Waals surface area contributed by atoms with E-state index >= 15 is 0 Å². The van der Waals surface area contributed by atoms with Gasteiger partial charge in [-0.1, -0.05) is 12.1 Å². The van der Waals surface area contributed by atoms with Gasteiger partial charge in [0, 0.05) is 16.3 Å². The van der Waals surface area contributed by atoms with Crippen molar-refractivity contribution in [1.82, 2.24) is 10.2 Å². The van der Waals surface area contributed by atoms with Crippen molar-refractivity contribution in [2.45, 2.75) is 31.7 Å². The van der Waals surface area contributed by atoms with Crippen LogP contribution in [0.5, 0.6) is 0 Å². The molecule has 1 aliphatic heterocycles. The number of thiophene rings is 2. The van der Waals surface area contributed by atoms with Crippen molar-refractivity contribution in [2.24, 2.45) is 0 Å². The van der Waals surface area contributed by atoms with Crippen LogP contribution in [0.4, 0.5) is 0 Å². The molecule has 2 N–H and O–H groups in total. The van der Waals surface area contributed by atoms with E-state index in [0.29, 0.717) is 26.1 Å². The third-order valence-electron chi connectivity index (χ3n) is 3.57. The van der Waals surface area contributed by atoms with Gasteiger partial charge in [0.05, 0.1) is 25.2 Å². The molecule has 2 unspecified atom stereocenters. The molecule has 0 aromatic carbocycles. The van der Waals surface area contributed by atoms with Gasteiger partial charge >= 0.3 is 0 Å². The van der Waals surface area contributed by atoms with E-state index < -0.39 is 6.10 Å². The van der Waals surface area contributed by atoms with Gasteiger partial charge in [0.1, 0.15) is 0 Å². The molecule has 0 bridgehead atoms. The summed E-state index contributed by atoms with van der Waals surface area (Å²) >= 11 is 3.33. The third kappa shape index (κ3) is 3.71. The quantitative estimate of drug-likeness (QED) is 0.886. The topological polar surface area (TPSA) is 52.6 Å². The lowest BCUT2D eigenvalue weighted by Crippen LogP contribution is -2.42. The summed E-state index contributed by atoms with van der Waals surface area (Å²) in [6, 6.07) is 7.85. The number of carbonyl (C=O) groups is 1. The number of hydrogen-bond donors (Lipinski definition) is 2. The van der Waals surface area contributed by atoms with Crippen LogP contribution in [0, 0.1) is 0 Å². The highest BCUT2D eigenvalue weighted by Gasteiger charge is 2.31. The average molecular weight is 322 g/mol. The molecule has 21 heavy (non-hydrogen) atoms. The Hall–Kier alpha value is -1.21. The van der Waals surface area contributed by atoms with E-state index in [0.717, 1.165) is 0 Å². The van der Waals surface area contributed by atoms with Crippen molar-refractivity contribution in [3.05, 3.63) is 44.8 Å². The van der Waals surface area contributed by atoms with E-state index in [1.54, 1.807) is 22.7 Å². The first-order chi connectivity index (χ1) is 10.2. The largest absolute Gasteiger partial charge is 0.392 e. The van der Waals surface area contributed by atoms with Gasteiger partial charge in [-0.2, -0.15) is 0 Å². The number of nitrogens with one attached hydrogen (secondary N) is 1. The van der Waals surface area contributed by atoms with Gasteiger partial charge in [-0.05, 0) is 29.3 Å². The Kier molecular flexibility index (Phi) is 4.70. The smallest absolute Gasteiger partial charge is 0.240 e. The van der Waals surface area contributed by atoms with Crippen molar-refractivity contribution in [1.29, 1.82) is 0 Å². The summed E-state index contributed by atoms with van der Waals surface area (Å²) in [5.74, 6) is 0.0772. The summed E-state index contributed by atoms with van der Waals surface area (Å²) in [5, 5.41) is 16.8. The molecule has 1 saturated heterocycles. The Balaban J connectivity index is 1.72. The minimum absolute atomic E-state index is 0.0772. The molecule has 3 heterocycles. The molecule has 1 fully saturated rings. The minimum atomic E-state index is -0.413. The summed E-state index contributed by atoms with van der Waals surface area (Å²) < 4.78 is 0. The van der Waals surface area contributed by atoms with Crippen LogP contribution in [0.15, 0.2) is 35.0 Å². The average Bonchev–Trinajstić information content (AvgIpc) is 3.19. The number of aliphatic hydroxyl groups is 1. The van der Waals surface area contributed by atoms with E-state index in [1.807, 2.05) is 27.8 Å². The van der Waals surface area contributed by atoms with Gasteiger partial charge < -0.3 is 15.3 Å². The lowest BCUT2D eigenvalue weighted by atomic mass is 10.1. The molecule has 0 saturated carbocycles. The SMILES string of the molecule is O=C(C1CC(O)CN1)N(Cc1cccs1)Cc1cccs1. The summed E-state index contributed by atoms with van der Waals surface area (Å²) in [7, 11) is 0. The fraction of sp³-hybridized carbons (Fsp3) is 0.400. The maximum atomic E-state index is 12.7. The van der Waals surface area contributed by atoms with Crippen molar-refractivity contribution in [3.63, 3.8) is 0 Å². The van der Waals surface area contributed by atoms with E-state index in [1.165, 1.54) is 9.75 Å². The van der Waals surface area contributed by atoms with Crippen LogP contribution in [0.3, 0.4) is 0 Å². The first-order valence-electron chi connectivity index (χ1n) is 6.97. The number of rotatable bonds is 5. The number of aliphatic hydroxyl groups excluding tert-OH is 1. The molecule has 0 aliphatic carbocycles. The van der Waals surface area contributed by atoms with Crippen molar-refractivity contribution in [2.75, 3.05) is 6.54 Å². The number of nitrogens with zero attached hydrogens (tertiary/aromatic N) is 1. The predicted molar refractivity (Wildman–Crippen MR) is 85.3 cm³/mol. The molecule has 1 amide bonds. The molecule has 0 radical (unpaired) electrons. The summed E-state index contributed by atoms with van der Waals surface area (Å²) in [6.07, 6.45) is 0.0915. The van der Waals surface area contributed by atoms with Crippen molar-refractivity contribution >= 4 is 28.6 Å². The van der Waals surface area contributed by atoms with Crippen LogP contribution in [-0.2, 0) is 17.9 Å². The zero-order valence-corrected chi connectivity index (χ0v) is 13.2. The zero-order valence-electron chi connectivity index (χ0n) is 11.6. The maximum Gasteiger partial charge on any atom is 0.240 e. The van der Waals surface area contributed by atoms with Crippen LogP contribution in [-0.4, -0.2) is 34.6 Å². The van der Waals surface area contributed by atoms with Gasteiger partial charge in [-0.15, -0.1) is 22.7 Å². The highest BCUT2D eigenvalue weighted by atomic mass is 32.1. The number of carbonyl (C=O) groups excluding carboxylic acids is 1. The normalized spacial score (nSPS) is 21.6. The molecule has 2 aromatic heterocycles. The Morgan fingerprint density at radius 2 is 1.86 bits per heavy atom. The van der Waals surface area contributed by atoms with Gasteiger partial charge in [0.15, 0.2) is 0 Å². The van der Waals surface area contributed by atoms with Gasteiger partial charge in [-0.3, -0.25) is 4.79 Å². The molecule has 112 valence electrons. The standard InChI is InChI=1S/C15H18N2O2S2/c18-11-7-14(16-8-11)15(19)17(9-12-3-1-5-20-12)10-13-4-2-6-21-13/h1-6,11,14,16,18H,7-10H2. The van der Waals surface area contributed by atoms with E-state index in [4.69, 9.17) is 0 Å². The van der Waals surface area contributed by atoms with Crippen LogP contribution < -0.4 is 5.32 Å². The second-order valence-corrected chi connectivity index (χ2v) is 7.27. The molecule has 6 heteroatoms. The van der Waals surface area contributed by atoms with Crippen LogP contribution in [0.2, 0.25) is 0 Å². The van der Waals surface area contributed by atoms with Crippen molar-refractivity contribution < 1.29 is 9.90 Å². The first-order valence-corrected chi connectivity index (χ1v) is 8.73. The first kappa shape index (κ1) is 14.7. The second kappa shape index (κ2) is 6.70. The predicted octanol–water partition coefficient (Wildman–Crippen LogP) is 2.06. The Morgan fingerprint density at radius 3 is 2.29 bits per heavy atom. The van der Waals surface area contributed by atoms with Crippen LogP contribution in [0.25, 0.3) is 0 Å². The lowest BCUT2D eigenvalue weighted by molar-refractivity contribution is -0.134. The fourth-order valence-electron chi connectivity index (χ4n) is 2.52. The van der Waals surface area contributed by atoms with E-state index in [9.17, 15) is 9.90 Å². The number of β-amino-alcohol motifs (C(OH)–C–C–N with tert-alkyl or cyclic N) is 1. The Labute approximate surface area is 132 Å². The molecule has 1 aliphatic rings. The second-order valence-electron chi connectivity index (χ2n) is 5.20.